The normalized spacial score (nSPS) is 17.3. The van der Waals surface area contributed by atoms with E-state index in [9.17, 15) is 13.6 Å². The van der Waals surface area contributed by atoms with Crippen LogP contribution in [0.3, 0.4) is 0 Å². The maximum Gasteiger partial charge on any atom is 0.234 e. The van der Waals surface area contributed by atoms with E-state index < -0.39 is 11.6 Å². The van der Waals surface area contributed by atoms with Crippen LogP contribution in [0.25, 0.3) is 0 Å². The van der Waals surface area contributed by atoms with Crippen LogP contribution in [0.5, 0.6) is 5.75 Å². The predicted molar refractivity (Wildman–Crippen MR) is 94.7 cm³/mol. The Morgan fingerprint density at radius 2 is 1.88 bits per heavy atom. The fraction of sp³-hybridized carbons (Fsp3) is 0.350. The molecule has 0 spiro atoms. The number of likely N-dealkylation sites (tertiary alicyclic amines) is 1. The second-order valence-corrected chi connectivity index (χ2v) is 6.46. The van der Waals surface area contributed by atoms with Gasteiger partial charge in [0.25, 0.3) is 0 Å². The average Bonchev–Trinajstić information content (AvgIpc) is 3.07. The Hall–Kier alpha value is -2.47. The van der Waals surface area contributed by atoms with Gasteiger partial charge in [-0.25, -0.2) is 8.78 Å². The number of halogens is 2. The molecular weight excluding hydrogens is 338 g/mol. The first kappa shape index (κ1) is 18.3. The highest BCUT2D eigenvalue weighted by atomic mass is 19.1. The van der Waals surface area contributed by atoms with Gasteiger partial charge in [-0.15, -0.1) is 0 Å². The molecule has 1 unspecified atom stereocenters. The summed E-state index contributed by atoms with van der Waals surface area (Å²) in [5.74, 6) is -0.643. The molecule has 0 saturated carbocycles. The van der Waals surface area contributed by atoms with Gasteiger partial charge in [0.15, 0.2) is 0 Å². The molecule has 0 radical (unpaired) electrons. The van der Waals surface area contributed by atoms with Crippen LogP contribution < -0.4 is 10.1 Å². The zero-order valence-corrected chi connectivity index (χ0v) is 14.7. The molecule has 1 heterocycles. The molecule has 1 N–H and O–H groups in total. The number of nitrogens with one attached hydrogen (secondary N) is 1. The molecule has 0 bridgehead atoms. The lowest BCUT2D eigenvalue weighted by molar-refractivity contribution is -0.122. The average molecular weight is 360 g/mol. The van der Waals surface area contributed by atoms with Crippen LogP contribution in [0.4, 0.5) is 8.78 Å². The van der Waals surface area contributed by atoms with Crippen molar-refractivity contribution in [1.82, 2.24) is 10.2 Å². The Kier molecular flexibility index (Phi) is 5.83. The molecule has 1 amide bonds. The molecule has 4 nitrogen and oxygen atoms in total. The van der Waals surface area contributed by atoms with Crippen molar-refractivity contribution in [3.63, 3.8) is 0 Å². The van der Waals surface area contributed by atoms with E-state index in [4.69, 9.17) is 4.74 Å². The van der Waals surface area contributed by atoms with Crippen molar-refractivity contribution >= 4 is 5.91 Å². The van der Waals surface area contributed by atoms with Crippen molar-refractivity contribution in [2.24, 2.45) is 0 Å². The highest BCUT2D eigenvalue weighted by Crippen LogP contribution is 2.32. The van der Waals surface area contributed by atoms with Crippen LogP contribution in [0.2, 0.25) is 0 Å². The number of hydrogen-bond acceptors (Lipinski definition) is 3. The Morgan fingerprint density at radius 3 is 2.54 bits per heavy atom. The number of carbonyl (C=O) groups excluding carboxylic acids is 1. The molecule has 6 heteroatoms. The second-order valence-electron chi connectivity index (χ2n) is 6.46. The highest BCUT2D eigenvalue weighted by molar-refractivity contribution is 5.78. The van der Waals surface area contributed by atoms with E-state index in [1.54, 1.807) is 7.11 Å². The zero-order valence-electron chi connectivity index (χ0n) is 14.7. The van der Waals surface area contributed by atoms with E-state index in [1.165, 1.54) is 12.1 Å². The monoisotopic (exact) mass is 360 g/mol. The van der Waals surface area contributed by atoms with Gasteiger partial charge in [-0.2, -0.15) is 0 Å². The van der Waals surface area contributed by atoms with Crippen LogP contribution in [-0.4, -0.2) is 31.0 Å². The van der Waals surface area contributed by atoms with Crippen LogP contribution in [0.1, 0.15) is 30.0 Å². The Labute approximate surface area is 151 Å². The topological polar surface area (TPSA) is 41.6 Å². The number of amides is 1. The molecule has 1 saturated heterocycles. The summed E-state index contributed by atoms with van der Waals surface area (Å²) in [7, 11) is 1.63. The summed E-state index contributed by atoms with van der Waals surface area (Å²) in [6.45, 7) is 1.21. The zero-order chi connectivity index (χ0) is 18.5. The summed E-state index contributed by atoms with van der Waals surface area (Å²) < 4.78 is 31.6. The van der Waals surface area contributed by atoms with E-state index in [2.05, 4.69) is 10.2 Å². The molecule has 0 aliphatic carbocycles. The minimum absolute atomic E-state index is 0.106. The van der Waals surface area contributed by atoms with Gasteiger partial charge in [0, 0.05) is 18.7 Å². The molecule has 2 aromatic rings. The Bertz CT molecular complexity index is 745. The molecule has 26 heavy (non-hydrogen) atoms. The number of rotatable bonds is 6. The Morgan fingerprint density at radius 1 is 1.19 bits per heavy atom. The lowest BCUT2D eigenvalue weighted by Gasteiger charge is -2.24. The van der Waals surface area contributed by atoms with Crippen molar-refractivity contribution in [3.05, 3.63) is 65.2 Å². The summed E-state index contributed by atoms with van der Waals surface area (Å²) in [4.78, 5) is 14.4. The minimum Gasteiger partial charge on any atom is -0.497 e. The lowest BCUT2D eigenvalue weighted by Crippen LogP contribution is -2.36. The van der Waals surface area contributed by atoms with Crippen LogP contribution in [-0.2, 0) is 11.3 Å². The summed E-state index contributed by atoms with van der Waals surface area (Å²) in [6.07, 6.45) is 2.02. The van der Waals surface area contributed by atoms with Gasteiger partial charge >= 0.3 is 0 Å². The first-order chi connectivity index (χ1) is 12.5. The standard InChI is InChI=1S/C20H22F2N2O2/c1-26-18-6-4-15(5-7-18)19-3-2-8-24(19)13-20(25)23-12-14-9-16(21)11-17(22)10-14/h4-7,9-11,19H,2-3,8,12-13H2,1H3,(H,23,25). The van der Waals surface area contributed by atoms with Crippen molar-refractivity contribution in [2.75, 3.05) is 20.2 Å². The quantitative estimate of drug-likeness (QED) is 0.858. The molecule has 0 aromatic heterocycles. The second kappa shape index (κ2) is 8.27. The van der Waals surface area contributed by atoms with Crippen LogP contribution >= 0.6 is 0 Å². The van der Waals surface area contributed by atoms with E-state index in [1.807, 2.05) is 24.3 Å². The summed E-state index contributed by atoms with van der Waals surface area (Å²) in [6, 6.07) is 11.3. The first-order valence-electron chi connectivity index (χ1n) is 8.65. The Balaban J connectivity index is 1.57. The third kappa shape index (κ3) is 4.58. The van der Waals surface area contributed by atoms with Gasteiger partial charge in [-0.05, 0) is 54.8 Å². The van der Waals surface area contributed by atoms with Gasteiger partial charge in [0.05, 0.1) is 13.7 Å². The van der Waals surface area contributed by atoms with Gasteiger partial charge < -0.3 is 10.1 Å². The fourth-order valence-electron chi connectivity index (χ4n) is 3.37. The maximum atomic E-state index is 13.2. The van der Waals surface area contributed by atoms with E-state index in [0.717, 1.165) is 36.8 Å². The van der Waals surface area contributed by atoms with Gasteiger partial charge in [0.1, 0.15) is 17.4 Å². The predicted octanol–water partition coefficient (Wildman–Crippen LogP) is 3.43. The molecule has 1 fully saturated rings. The molecular formula is C20H22F2N2O2. The highest BCUT2D eigenvalue weighted by Gasteiger charge is 2.27. The number of nitrogens with zero attached hydrogens (tertiary/aromatic N) is 1. The van der Waals surface area contributed by atoms with E-state index in [-0.39, 0.29) is 25.0 Å². The van der Waals surface area contributed by atoms with Crippen molar-refractivity contribution in [2.45, 2.75) is 25.4 Å². The lowest BCUT2D eigenvalue weighted by atomic mass is 10.0. The number of methoxy groups -OCH3 is 1. The number of ether oxygens (including phenoxy) is 1. The third-order valence-corrected chi connectivity index (χ3v) is 4.62. The van der Waals surface area contributed by atoms with Crippen molar-refractivity contribution in [3.8, 4) is 5.75 Å². The summed E-state index contributed by atoms with van der Waals surface area (Å²) in [5.41, 5.74) is 1.56. The molecule has 1 atom stereocenters. The van der Waals surface area contributed by atoms with Crippen molar-refractivity contribution < 1.29 is 18.3 Å². The summed E-state index contributed by atoms with van der Waals surface area (Å²) in [5, 5.41) is 2.74. The minimum atomic E-state index is -0.645. The van der Waals surface area contributed by atoms with E-state index >= 15 is 0 Å². The fourth-order valence-corrected chi connectivity index (χ4v) is 3.37. The first-order valence-corrected chi connectivity index (χ1v) is 8.65. The molecule has 2 aromatic carbocycles. The summed E-state index contributed by atoms with van der Waals surface area (Å²) >= 11 is 0. The smallest absolute Gasteiger partial charge is 0.234 e. The van der Waals surface area contributed by atoms with Crippen LogP contribution in [0, 0.1) is 11.6 Å². The maximum absolute atomic E-state index is 13.2. The SMILES string of the molecule is COc1ccc(C2CCCN2CC(=O)NCc2cc(F)cc(F)c2)cc1. The number of benzene rings is 2. The van der Waals surface area contributed by atoms with Gasteiger partial charge in [-0.1, -0.05) is 12.1 Å². The number of carbonyl (C=O) groups is 1. The molecule has 1 aliphatic rings. The molecule has 1 aliphatic heterocycles. The largest absolute Gasteiger partial charge is 0.497 e. The van der Waals surface area contributed by atoms with E-state index in [0.29, 0.717) is 5.56 Å². The van der Waals surface area contributed by atoms with Gasteiger partial charge in [0.2, 0.25) is 5.91 Å². The number of hydrogen-bond donors (Lipinski definition) is 1. The van der Waals surface area contributed by atoms with Gasteiger partial charge in [-0.3, -0.25) is 9.69 Å². The van der Waals surface area contributed by atoms with Crippen molar-refractivity contribution in [1.29, 1.82) is 0 Å². The van der Waals surface area contributed by atoms with Crippen LogP contribution in [0.15, 0.2) is 42.5 Å². The molecule has 138 valence electrons. The molecule has 3 rings (SSSR count). The third-order valence-electron chi connectivity index (χ3n) is 4.62.